The summed E-state index contributed by atoms with van der Waals surface area (Å²) in [5, 5.41) is 18.2. The number of aliphatic hydroxyl groups excluding tert-OH is 1. The largest absolute Gasteiger partial charge is 0.391 e. The molecule has 1 aliphatic heterocycles. The van der Waals surface area contributed by atoms with E-state index in [-0.39, 0.29) is 6.10 Å². The normalized spacial score (nSPS) is 18.7. The van der Waals surface area contributed by atoms with E-state index in [1.54, 1.807) is 0 Å². The van der Waals surface area contributed by atoms with Gasteiger partial charge in [-0.3, -0.25) is 0 Å². The summed E-state index contributed by atoms with van der Waals surface area (Å²) in [4.78, 5) is 0. The van der Waals surface area contributed by atoms with Crippen molar-refractivity contribution in [3.63, 3.8) is 0 Å². The van der Waals surface area contributed by atoms with Crippen molar-refractivity contribution >= 4 is 15.9 Å². The lowest BCUT2D eigenvalue weighted by Crippen LogP contribution is -2.25. The van der Waals surface area contributed by atoms with Crippen LogP contribution in [0.1, 0.15) is 23.6 Å². The van der Waals surface area contributed by atoms with Crippen molar-refractivity contribution in [2.45, 2.75) is 31.9 Å². The summed E-state index contributed by atoms with van der Waals surface area (Å²) in [6.45, 7) is 0.619. The number of aryl methyl sites for hydroxylation is 1. The summed E-state index contributed by atoms with van der Waals surface area (Å²) in [6.07, 6.45) is 2.09. The third-order valence-corrected chi connectivity index (χ3v) is 3.80. The van der Waals surface area contributed by atoms with Gasteiger partial charge < -0.3 is 9.67 Å². The van der Waals surface area contributed by atoms with Gasteiger partial charge in [-0.25, -0.2) is 0 Å². The van der Waals surface area contributed by atoms with Crippen LogP contribution in [0.15, 0.2) is 28.7 Å². The fourth-order valence-corrected chi connectivity index (χ4v) is 2.55. The predicted octanol–water partition coefficient (Wildman–Crippen LogP) is 1.94. The van der Waals surface area contributed by atoms with E-state index in [1.807, 2.05) is 12.1 Å². The maximum Gasteiger partial charge on any atom is 0.137 e. The summed E-state index contributed by atoms with van der Waals surface area (Å²) in [5.41, 5.74) is 1.20. The van der Waals surface area contributed by atoms with Crippen molar-refractivity contribution in [3.8, 4) is 0 Å². The molecule has 1 aromatic carbocycles. The van der Waals surface area contributed by atoms with Crippen LogP contribution in [-0.4, -0.2) is 26.0 Å². The highest BCUT2D eigenvalue weighted by atomic mass is 79.9. The molecule has 2 heterocycles. The molecule has 0 bridgehead atoms. The lowest BCUT2D eigenvalue weighted by molar-refractivity contribution is 0.129. The highest BCUT2D eigenvalue weighted by Crippen LogP contribution is 2.18. The number of aromatic nitrogens is 3. The van der Waals surface area contributed by atoms with Crippen molar-refractivity contribution in [1.82, 2.24) is 14.8 Å². The second-order valence-corrected chi connectivity index (χ2v) is 5.55. The Bertz CT molecular complexity index is 550. The van der Waals surface area contributed by atoms with E-state index < -0.39 is 0 Å². The topological polar surface area (TPSA) is 50.9 Å². The molecule has 0 radical (unpaired) electrons. The smallest absolute Gasteiger partial charge is 0.137 e. The maximum atomic E-state index is 9.72. The van der Waals surface area contributed by atoms with Gasteiger partial charge in [-0.05, 0) is 24.1 Å². The van der Waals surface area contributed by atoms with Gasteiger partial charge in [-0.2, -0.15) is 0 Å². The number of aliphatic hydroxyl groups is 1. The van der Waals surface area contributed by atoms with Gasteiger partial charge in [0.05, 0.1) is 12.6 Å². The quantitative estimate of drug-likeness (QED) is 0.922. The number of halogens is 1. The van der Waals surface area contributed by atoms with Gasteiger partial charge in [0.15, 0.2) is 0 Å². The number of hydrogen-bond acceptors (Lipinski definition) is 3. The van der Waals surface area contributed by atoms with Crippen LogP contribution in [-0.2, 0) is 19.4 Å². The molecule has 0 amide bonds. The fraction of sp³-hybridized carbons (Fsp3) is 0.385. The Morgan fingerprint density at radius 2 is 2.06 bits per heavy atom. The molecule has 0 spiro atoms. The molecule has 0 fully saturated rings. The number of fused-ring (bicyclic) bond motifs is 1. The van der Waals surface area contributed by atoms with Crippen molar-refractivity contribution in [1.29, 1.82) is 0 Å². The maximum absolute atomic E-state index is 9.72. The van der Waals surface area contributed by atoms with E-state index in [9.17, 15) is 5.11 Å². The number of benzene rings is 1. The van der Waals surface area contributed by atoms with Crippen molar-refractivity contribution in [2.24, 2.45) is 0 Å². The molecule has 4 nitrogen and oxygen atoms in total. The van der Waals surface area contributed by atoms with Crippen molar-refractivity contribution in [2.75, 3.05) is 0 Å². The van der Waals surface area contributed by atoms with Crippen LogP contribution < -0.4 is 0 Å². The van der Waals surface area contributed by atoms with Crippen molar-refractivity contribution < 1.29 is 5.11 Å². The van der Waals surface area contributed by atoms with E-state index >= 15 is 0 Å². The number of nitrogens with zero attached hydrogens (tertiary/aromatic N) is 3. The molecule has 2 aromatic rings. The van der Waals surface area contributed by atoms with E-state index in [0.29, 0.717) is 6.54 Å². The molecule has 0 saturated heterocycles. The highest BCUT2D eigenvalue weighted by Gasteiger charge is 2.20. The molecule has 1 aliphatic rings. The Hall–Kier alpha value is -1.20. The predicted molar refractivity (Wildman–Crippen MR) is 71.3 cm³/mol. The lowest BCUT2D eigenvalue weighted by atomic mass is 10.1. The minimum atomic E-state index is -0.267. The molecule has 94 valence electrons. The third-order valence-electron chi connectivity index (χ3n) is 3.27. The molecular formula is C13H14BrN3O. The highest BCUT2D eigenvalue weighted by molar-refractivity contribution is 9.10. The van der Waals surface area contributed by atoms with Crippen molar-refractivity contribution in [3.05, 3.63) is 46.0 Å². The fourth-order valence-electron chi connectivity index (χ4n) is 2.28. The SMILES string of the molecule is OC1CCc2nnc(Cc3ccc(Br)cc3)n2C1. The van der Waals surface area contributed by atoms with Gasteiger partial charge in [0.1, 0.15) is 11.6 Å². The first-order valence-electron chi connectivity index (χ1n) is 6.06. The molecule has 5 heteroatoms. The zero-order valence-electron chi connectivity index (χ0n) is 9.88. The summed E-state index contributed by atoms with van der Waals surface area (Å²) >= 11 is 3.43. The van der Waals surface area contributed by atoms with Gasteiger partial charge >= 0.3 is 0 Å². The van der Waals surface area contributed by atoms with Crippen LogP contribution in [0.25, 0.3) is 0 Å². The minimum Gasteiger partial charge on any atom is -0.391 e. The third kappa shape index (κ3) is 2.33. The first-order chi connectivity index (χ1) is 8.72. The molecule has 0 saturated carbocycles. The first kappa shape index (κ1) is 11.9. The van der Waals surface area contributed by atoms with Crippen LogP contribution in [0, 0.1) is 0 Å². The van der Waals surface area contributed by atoms with E-state index in [4.69, 9.17) is 0 Å². The number of rotatable bonds is 2. The molecule has 1 aromatic heterocycles. The van der Waals surface area contributed by atoms with Gasteiger partial charge in [0.25, 0.3) is 0 Å². The second-order valence-electron chi connectivity index (χ2n) is 4.64. The standard InChI is InChI=1S/C13H14BrN3O/c14-10-3-1-9(2-4-10)7-13-16-15-12-6-5-11(18)8-17(12)13/h1-4,11,18H,5-8H2. The zero-order valence-corrected chi connectivity index (χ0v) is 11.5. The molecule has 1 atom stereocenters. The zero-order chi connectivity index (χ0) is 12.5. The van der Waals surface area contributed by atoms with Crippen LogP contribution in [0.3, 0.4) is 0 Å². The molecule has 1 unspecified atom stereocenters. The minimum absolute atomic E-state index is 0.267. The molecule has 3 rings (SSSR count). The van der Waals surface area contributed by atoms with Crippen LogP contribution in [0.5, 0.6) is 0 Å². The molecule has 1 N–H and O–H groups in total. The Labute approximate surface area is 114 Å². The average Bonchev–Trinajstić information content (AvgIpc) is 2.75. The van der Waals surface area contributed by atoms with E-state index in [2.05, 4.69) is 42.8 Å². The van der Waals surface area contributed by atoms with Crippen LogP contribution in [0.2, 0.25) is 0 Å². The Balaban J connectivity index is 1.85. The lowest BCUT2D eigenvalue weighted by Gasteiger charge is -2.19. The Morgan fingerprint density at radius 3 is 2.83 bits per heavy atom. The van der Waals surface area contributed by atoms with Crippen LogP contribution >= 0.6 is 15.9 Å². The Morgan fingerprint density at radius 1 is 1.28 bits per heavy atom. The second kappa shape index (κ2) is 4.82. The molecule has 0 aliphatic carbocycles. The molecular weight excluding hydrogens is 294 g/mol. The summed E-state index contributed by atoms with van der Waals surface area (Å²) < 4.78 is 3.13. The van der Waals surface area contributed by atoms with Crippen LogP contribution in [0.4, 0.5) is 0 Å². The first-order valence-corrected chi connectivity index (χ1v) is 6.85. The van der Waals surface area contributed by atoms with E-state index in [0.717, 1.165) is 35.4 Å². The Kier molecular flexibility index (Phi) is 3.18. The summed E-state index contributed by atoms with van der Waals surface area (Å²) in [6, 6.07) is 8.20. The number of hydrogen-bond donors (Lipinski definition) is 1. The van der Waals surface area contributed by atoms with Gasteiger partial charge in [0.2, 0.25) is 0 Å². The summed E-state index contributed by atoms with van der Waals surface area (Å²) in [7, 11) is 0. The molecule has 18 heavy (non-hydrogen) atoms. The average molecular weight is 308 g/mol. The summed E-state index contributed by atoms with van der Waals surface area (Å²) in [5.74, 6) is 1.93. The van der Waals surface area contributed by atoms with Gasteiger partial charge in [-0.1, -0.05) is 28.1 Å². The van der Waals surface area contributed by atoms with Gasteiger partial charge in [0, 0.05) is 17.3 Å². The monoisotopic (exact) mass is 307 g/mol. The van der Waals surface area contributed by atoms with Gasteiger partial charge in [-0.15, -0.1) is 10.2 Å². The van der Waals surface area contributed by atoms with E-state index in [1.165, 1.54) is 5.56 Å².